The van der Waals surface area contributed by atoms with Crippen molar-refractivity contribution >= 4 is 53.1 Å². The molecule has 0 bridgehead atoms. The minimum Gasteiger partial charge on any atom is -0.365 e. The van der Waals surface area contributed by atoms with Crippen LogP contribution in [-0.2, 0) is 6.54 Å². The Labute approximate surface area is 182 Å². The van der Waals surface area contributed by atoms with E-state index < -0.39 is 0 Å². The molecule has 2 fully saturated rings. The van der Waals surface area contributed by atoms with E-state index in [9.17, 15) is 0 Å². The van der Waals surface area contributed by atoms with E-state index in [0.29, 0.717) is 17.6 Å². The summed E-state index contributed by atoms with van der Waals surface area (Å²) >= 11 is 6.52. The molecule has 0 radical (unpaired) electrons. The van der Waals surface area contributed by atoms with E-state index in [0.717, 1.165) is 58.3 Å². The average Bonchev–Trinajstić information content (AvgIpc) is 3.09. The van der Waals surface area contributed by atoms with Gasteiger partial charge in [-0.2, -0.15) is 0 Å². The number of hydrogen-bond donors (Lipinski definition) is 3. The molecule has 1 aliphatic carbocycles. The maximum atomic E-state index is 6.52. The fourth-order valence-corrected chi connectivity index (χ4v) is 4.31. The van der Waals surface area contributed by atoms with Crippen LogP contribution in [0.4, 0.5) is 5.82 Å². The largest absolute Gasteiger partial charge is 0.365 e. The van der Waals surface area contributed by atoms with Crippen LogP contribution in [0.3, 0.4) is 0 Å². The van der Waals surface area contributed by atoms with Crippen molar-refractivity contribution in [1.82, 2.24) is 10.3 Å². The van der Waals surface area contributed by atoms with E-state index in [-0.39, 0.29) is 24.8 Å². The van der Waals surface area contributed by atoms with Gasteiger partial charge in [-0.25, -0.2) is 4.98 Å². The molecule has 2 aromatic carbocycles. The van der Waals surface area contributed by atoms with Crippen molar-refractivity contribution in [2.75, 3.05) is 18.4 Å². The first-order valence-electron chi connectivity index (χ1n) is 9.10. The van der Waals surface area contributed by atoms with Crippen LogP contribution >= 0.6 is 36.4 Å². The van der Waals surface area contributed by atoms with Gasteiger partial charge in [0.05, 0.1) is 10.5 Å². The highest BCUT2D eigenvalue weighted by atomic mass is 35.5. The molecule has 5 rings (SSSR count). The number of nitrogens with one attached hydrogen (secondary N) is 2. The molecule has 28 heavy (non-hydrogen) atoms. The molecule has 1 saturated carbocycles. The van der Waals surface area contributed by atoms with Crippen molar-refractivity contribution in [3.63, 3.8) is 0 Å². The number of benzene rings is 2. The Hall–Kier alpha value is -1.56. The molecule has 4 N–H and O–H groups in total. The summed E-state index contributed by atoms with van der Waals surface area (Å²) in [5, 5.41) is 8.69. The number of piperidine rings is 1. The second-order valence-electron chi connectivity index (χ2n) is 7.29. The Kier molecular flexibility index (Phi) is 6.37. The number of rotatable bonds is 4. The standard InChI is InChI=1S/C21H21ClN4.2ClH/c22-18-8-15-7-14(13-3-1-2-12(6-13)9-23)4-5-19(15)25-21(18)26-20-16-10-24-11-17(16)20;;/h1-8,16-17,20,24H,9-11,23H2,(H,25,26);2*1H/t16-,17+,20?;;. The molecular weight excluding hydrogens is 415 g/mol. The Morgan fingerprint density at radius 1 is 1.04 bits per heavy atom. The molecule has 7 heteroatoms. The zero-order valence-electron chi connectivity index (χ0n) is 15.2. The van der Waals surface area contributed by atoms with Crippen LogP contribution in [0.2, 0.25) is 5.02 Å². The van der Waals surface area contributed by atoms with Crippen LogP contribution in [0.25, 0.3) is 22.0 Å². The first kappa shape index (κ1) is 21.2. The van der Waals surface area contributed by atoms with E-state index in [1.165, 1.54) is 0 Å². The van der Waals surface area contributed by atoms with Gasteiger partial charge in [0, 0.05) is 31.1 Å². The summed E-state index contributed by atoms with van der Waals surface area (Å²) in [4.78, 5) is 4.77. The molecule has 3 aromatic rings. The van der Waals surface area contributed by atoms with Crippen molar-refractivity contribution in [2.45, 2.75) is 12.6 Å². The van der Waals surface area contributed by atoms with Gasteiger partial charge in [-0.15, -0.1) is 24.8 Å². The predicted molar refractivity (Wildman–Crippen MR) is 122 cm³/mol. The van der Waals surface area contributed by atoms with Crippen LogP contribution in [0.15, 0.2) is 48.5 Å². The lowest BCUT2D eigenvalue weighted by Crippen LogP contribution is -2.21. The Balaban J connectivity index is 0.00000112. The quantitative estimate of drug-likeness (QED) is 0.563. The summed E-state index contributed by atoms with van der Waals surface area (Å²) in [5.74, 6) is 2.25. The zero-order chi connectivity index (χ0) is 17.7. The van der Waals surface area contributed by atoms with E-state index in [2.05, 4.69) is 41.0 Å². The maximum Gasteiger partial charge on any atom is 0.145 e. The van der Waals surface area contributed by atoms with Gasteiger partial charge in [0.1, 0.15) is 5.82 Å². The second kappa shape index (κ2) is 8.44. The molecule has 3 atom stereocenters. The molecule has 0 spiro atoms. The smallest absolute Gasteiger partial charge is 0.145 e. The topological polar surface area (TPSA) is 63.0 Å². The number of nitrogens with zero attached hydrogens (tertiary/aromatic N) is 1. The fraction of sp³-hybridized carbons (Fsp3) is 0.286. The third-order valence-electron chi connectivity index (χ3n) is 5.66. The third kappa shape index (κ3) is 3.80. The van der Waals surface area contributed by atoms with Crippen molar-refractivity contribution in [3.8, 4) is 11.1 Å². The summed E-state index contributed by atoms with van der Waals surface area (Å²) in [6.45, 7) is 2.74. The van der Waals surface area contributed by atoms with Crippen LogP contribution in [0.1, 0.15) is 5.56 Å². The Morgan fingerprint density at radius 3 is 2.54 bits per heavy atom. The molecule has 2 aliphatic rings. The van der Waals surface area contributed by atoms with Gasteiger partial charge in [-0.1, -0.05) is 35.9 Å². The number of halogens is 3. The molecule has 148 valence electrons. The number of fused-ring (bicyclic) bond motifs is 2. The third-order valence-corrected chi connectivity index (χ3v) is 5.95. The summed E-state index contributed by atoms with van der Waals surface area (Å²) in [6, 6.07) is 17.2. The van der Waals surface area contributed by atoms with Gasteiger partial charge < -0.3 is 16.4 Å². The minimum absolute atomic E-state index is 0. The molecular formula is C21H23Cl3N4. The molecule has 2 heterocycles. The average molecular weight is 438 g/mol. The van der Waals surface area contributed by atoms with Crippen molar-refractivity contribution in [2.24, 2.45) is 17.6 Å². The molecule has 1 aliphatic heterocycles. The monoisotopic (exact) mass is 436 g/mol. The highest BCUT2D eigenvalue weighted by Crippen LogP contribution is 2.44. The summed E-state index contributed by atoms with van der Waals surface area (Å²) in [7, 11) is 0. The highest BCUT2D eigenvalue weighted by Gasteiger charge is 2.53. The number of hydrogen-bond acceptors (Lipinski definition) is 4. The van der Waals surface area contributed by atoms with Crippen molar-refractivity contribution < 1.29 is 0 Å². The number of anilines is 1. The van der Waals surface area contributed by atoms with Crippen LogP contribution in [0.5, 0.6) is 0 Å². The molecule has 4 nitrogen and oxygen atoms in total. The second-order valence-corrected chi connectivity index (χ2v) is 7.69. The van der Waals surface area contributed by atoms with E-state index in [4.69, 9.17) is 22.3 Å². The summed E-state index contributed by atoms with van der Waals surface area (Å²) in [6.07, 6.45) is 0. The van der Waals surface area contributed by atoms with Crippen LogP contribution in [0, 0.1) is 11.8 Å². The number of pyridine rings is 1. The molecule has 0 amide bonds. The van der Waals surface area contributed by atoms with Gasteiger partial charge >= 0.3 is 0 Å². The zero-order valence-corrected chi connectivity index (χ0v) is 17.6. The normalized spacial score (nSPS) is 22.1. The lowest BCUT2D eigenvalue weighted by molar-refractivity contribution is 0.696. The molecule has 1 saturated heterocycles. The highest BCUT2D eigenvalue weighted by molar-refractivity contribution is 6.33. The van der Waals surface area contributed by atoms with Gasteiger partial charge in [0.15, 0.2) is 0 Å². The predicted octanol–water partition coefficient (Wildman–Crippen LogP) is 4.49. The first-order chi connectivity index (χ1) is 12.7. The number of nitrogens with two attached hydrogens (primary N) is 1. The fourth-order valence-electron chi connectivity index (χ4n) is 4.10. The minimum atomic E-state index is 0. The van der Waals surface area contributed by atoms with Crippen molar-refractivity contribution in [1.29, 1.82) is 0 Å². The first-order valence-corrected chi connectivity index (χ1v) is 9.47. The van der Waals surface area contributed by atoms with Crippen LogP contribution in [-0.4, -0.2) is 24.1 Å². The molecule has 1 aromatic heterocycles. The maximum absolute atomic E-state index is 6.52. The summed E-state index contributed by atoms with van der Waals surface area (Å²) < 4.78 is 0. The Morgan fingerprint density at radius 2 is 1.79 bits per heavy atom. The molecule has 1 unspecified atom stereocenters. The number of aromatic nitrogens is 1. The Bertz CT molecular complexity index is 985. The van der Waals surface area contributed by atoms with Crippen LogP contribution < -0.4 is 16.4 Å². The summed E-state index contributed by atoms with van der Waals surface area (Å²) in [5.41, 5.74) is 10.2. The van der Waals surface area contributed by atoms with Gasteiger partial charge in [0.25, 0.3) is 0 Å². The van der Waals surface area contributed by atoms with Crippen molar-refractivity contribution in [3.05, 3.63) is 59.1 Å². The van der Waals surface area contributed by atoms with E-state index >= 15 is 0 Å². The van der Waals surface area contributed by atoms with Gasteiger partial charge in [-0.3, -0.25) is 0 Å². The van der Waals surface area contributed by atoms with Gasteiger partial charge in [-0.05, 0) is 52.8 Å². The van der Waals surface area contributed by atoms with E-state index in [1.54, 1.807) is 0 Å². The van der Waals surface area contributed by atoms with Gasteiger partial charge in [0.2, 0.25) is 0 Å². The lowest BCUT2D eigenvalue weighted by atomic mass is 10.0. The van der Waals surface area contributed by atoms with E-state index in [1.807, 2.05) is 18.2 Å². The lowest BCUT2D eigenvalue weighted by Gasteiger charge is -2.12. The SMILES string of the molecule is Cl.Cl.NCc1cccc(-c2ccc3nc(NC4[C@H]5CNC[C@@H]45)c(Cl)cc3c2)c1.